The second-order valence-corrected chi connectivity index (χ2v) is 8.12. The molecule has 1 N–H and O–H groups in total. The van der Waals surface area contributed by atoms with Gasteiger partial charge in [-0.3, -0.25) is 4.79 Å². The van der Waals surface area contributed by atoms with Crippen molar-refractivity contribution in [3.05, 3.63) is 51.9 Å². The second-order valence-electron chi connectivity index (χ2n) is 8.12. The van der Waals surface area contributed by atoms with Crippen LogP contribution in [0.25, 0.3) is 10.9 Å². The van der Waals surface area contributed by atoms with E-state index in [0.29, 0.717) is 19.0 Å². The first-order valence-corrected chi connectivity index (χ1v) is 10.8. The van der Waals surface area contributed by atoms with Gasteiger partial charge in [0.25, 0.3) is 5.56 Å². The van der Waals surface area contributed by atoms with Crippen molar-refractivity contribution < 1.29 is 9.47 Å². The molecule has 0 fully saturated rings. The minimum absolute atomic E-state index is 0.254. The molecule has 1 heterocycles. The molecule has 0 aliphatic carbocycles. The van der Waals surface area contributed by atoms with E-state index >= 15 is 0 Å². The highest BCUT2D eigenvalue weighted by Gasteiger charge is 2.16. The number of unbranched alkanes of at least 4 members (excludes halogenated alkanes) is 1. The Morgan fingerprint density at radius 2 is 1.87 bits per heavy atom. The van der Waals surface area contributed by atoms with Crippen LogP contribution in [-0.4, -0.2) is 32.3 Å². The molecule has 0 spiro atoms. The topological polar surface area (TPSA) is 54.6 Å². The Kier molecular flexibility index (Phi) is 9.03. The zero-order chi connectivity index (χ0) is 22.1. The fraction of sp³-hybridized carbons (Fsp3) is 0.480. The molecule has 164 valence electrons. The van der Waals surface area contributed by atoms with Gasteiger partial charge in [0.1, 0.15) is 6.61 Å². The lowest BCUT2D eigenvalue weighted by Crippen LogP contribution is -2.15. The number of aromatic amines is 1. The zero-order valence-corrected chi connectivity index (χ0v) is 19.3. The number of allylic oxidation sites excluding steroid dienone is 3. The predicted octanol–water partition coefficient (Wildman–Crippen LogP) is 5.84. The van der Waals surface area contributed by atoms with Crippen molar-refractivity contribution in [1.29, 1.82) is 0 Å². The van der Waals surface area contributed by atoms with Gasteiger partial charge in [-0.25, -0.2) is 0 Å². The number of rotatable bonds is 11. The third-order valence-electron chi connectivity index (χ3n) is 4.92. The molecule has 0 aliphatic heterocycles. The Hall–Kier alpha value is -2.69. The van der Waals surface area contributed by atoms with Crippen LogP contribution in [0.15, 0.2) is 46.3 Å². The fourth-order valence-corrected chi connectivity index (χ4v) is 3.07. The van der Waals surface area contributed by atoms with Crippen LogP contribution in [0.5, 0.6) is 11.5 Å². The lowest BCUT2D eigenvalue weighted by Gasteiger charge is -2.17. The summed E-state index contributed by atoms with van der Waals surface area (Å²) < 4.78 is 11.9. The molecule has 30 heavy (non-hydrogen) atoms. The highest BCUT2D eigenvalue weighted by molar-refractivity contribution is 5.89. The molecular formula is C25H36N2O3. The Morgan fingerprint density at radius 3 is 2.53 bits per heavy atom. The molecule has 0 amide bonds. The van der Waals surface area contributed by atoms with Crippen molar-refractivity contribution in [2.75, 3.05) is 32.2 Å². The smallest absolute Gasteiger partial charge is 0.294 e. The van der Waals surface area contributed by atoms with Gasteiger partial charge in [-0.05, 0) is 64.3 Å². The van der Waals surface area contributed by atoms with Crippen molar-refractivity contribution >= 4 is 16.6 Å². The highest BCUT2D eigenvalue weighted by atomic mass is 16.5. The molecule has 2 aromatic rings. The van der Waals surface area contributed by atoms with E-state index in [4.69, 9.17) is 9.47 Å². The molecular weight excluding hydrogens is 376 g/mol. The SMILES string of the molecule is CCCCOc1c(OC/C=C(\C)CCC=C(C)C)c(=O)[nH]c2cc(N(C)C)ccc12. The summed E-state index contributed by atoms with van der Waals surface area (Å²) in [5, 5.41) is 0.857. The maximum Gasteiger partial charge on any atom is 0.294 e. The molecule has 0 atom stereocenters. The largest absolute Gasteiger partial charge is 0.489 e. The van der Waals surface area contributed by atoms with Crippen molar-refractivity contribution in [3.8, 4) is 11.5 Å². The Bertz CT molecular complexity index is 951. The summed E-state index contributed by atoms with van der Waals surface area (Å²) in [4.78, 5) is 17.7. The summed E-state index contributed by atoms with van der Waals surface area (Å²) in [5.41, 5.74) is 4.07. The highest BCUT2D eigenvalue weighted by Crippen LogP contribution is 2.33. The molecule has 0 saturated heterocycles. The summed E-state index contributed by atoms with van der Waals surface area (Å²) in [7, 11) is 3.95. The molecule has 0 bridgehead atoms. The Balaban J connectivity index is 2.29. The molecule has 0 radical (unpaired) electrons. The van der Waals surface area contributed by atoms with Gasteiger partial charge in [0.2, 0.25) is 5.75 Å². The van der Waals surface area contributed by atoms with Gasteiger partial charge in [0.05, 0.1) is 12.1 Å². The zero-order valence-electron chi connectivity index (χ0n) is 19.3. The first-order chi connectivity index (χ1) is 14.3. The fourth-order valence-electron chi connectivity index (χ4n) is 3.07. The van der Waals surface area contributed by atoms with Gasteiger partial charge in [-0.1, -0.05) is 30.6 Å². The summed E-state index contributed by atoms with van der Waals surface area (Å²) in [6.07, 6.45) is 8.21. The quantitative estimate of drug-likeness (QED) is 0.372. The minimum Gasteiger partial charge on any atom is -0.489 e. The van der Waals surface area contributed by atoms with E-state index in [1.165, 1.54) is 11.1 Å². The maximum absolute atomic E-state index is 12.8. The molecule has 2 rings (SSSR count). The van der Waals surface area contributed by atoms with E-state index in [-0.39, 0.29) is 11.3 Å². The minimum atomic E-state index is -0.263. The van der Waals surface area contributed by atoms with Crippen molar-refractivity contribution in [2.24, 2.45) is 0 Å². The molecule has 0 aliphatic rings. The number of H-pyrrole nitrogens is 1. The molecule has 5 heteroatoms. The lowest BCUT2D eigenvalue weighted by molar-refractivity contribution is 0.279. The van der Waals surface area contributed by atoms with Crippen LogP contribution >= 0.6 is 0 Å². The van der Waals surface area contributed by atoms with Gasteiger partial charge in [0.15, 0.2) is 5.75 Å². The van der Waals surface area contributed by atoms with Crippen LogP contribution < -0.4 is 19.9 Å². The van der Waals surface area contributed by atoms with E-state index in [9.17, 15) is 4.79 Å². The monoisotopic (exact) mass is 412 g/mol. The molecule has 0 saturated carbocycles. The number of aromatic nitrogens is 1. The number of fused-ring (bicyclic) bond motifs is 1. The number of anilines is 1. The number of hydrogen-bond donors (Lipinski definition) is 1. The molecule has 0 unspecified atom stereocenters. The Labute approximate surface area is 180 Å². The third kappa shape index (κ3) is 6.68. The predicted molar refractivity (Wildman–Crippen MR) is 127 cm³/mol. The average molecular weight is 413 g/mol. The number of nitrogens with zero attached hydrogens (tertiary/aromatic N) is 1. The van der Waals surface area contributed by atoms with E-state index in [1.54, 1.807) is 0 Å². The lowest BCUT2D eigenvalue weighted by atomic mass is 10.1. The van der Waals surface area contributed by atoms with Gasteiger partial charge < -0.3 is 19.4 Å². The van der Waals surface area contributed by atoms with Crippen LogP contribution in [0.2, 0.25) is 0 Å². The number of pyridine rings is 1. The average Bonchev–Trinajstić information content (AvgIpc) is 2.68. The van der Waals surface area contributed by atoms with Crippen molar-refractivity contribution in [2.45, 2.75) is 53.4 Å². The standard InChI is InChI=1S/C25H36N2O3/c1-7-8-15-29-23-21-13-12-20(27(5)6)17-22(21)26-25(28)24(23)30-16-14-19(4)11-9-10-18(2)3/h10,12-14,17H,7-9,11,15-16H2,1-6H3,(H,26,28)/b19-14+. The van der Waals surface area contributed by atoms with E-state index in [2.05, 4.69) is 38.8 Å². The second kappa shape index (κ2) is 11.5. The van der Waals surface area contributed by atoms with Crippen LogP contribution in [0.3, 0.4) is 0 Å². The first kappa shape index (κ1) is 23.6. The van der Waals surface area contributed by atoms with E-state index < -0.39 is 0 Å². The van der Waals surface area contributed by atoms with Crippen LogP contribution in [0, 0.1) is 0 Å². The van der Waals surface area contributed by atoms with Crippen LogP contribution in [0.4, 0.5) is 5.69 Å². The number of ether oxygens (including phenoxy) is 2. The maximum atomic E-state index is 12.8. The molecule has 5 nitrogen and oxygen atoms in total. The van der Waals surface area contributed by atoms with E-state index in [0.717, 1.165) is 42.3 Å². The van der Waals surface area contributed by atoms with Gasteiger partial charge >= 0.3 is 0 Å². The summed E-state index contributed by atoms with van der Waals surface area (Å²) in [6, 6.07) is 5.96. The van der Waals surface area contributed by atoms with Gasteiger partial charge in [0, 0.05) is 25.2 Å². The summed E-state index contributed by atoms with van der Waals surface area (Å²) >= 11 is 0. The third-order valence-corrected chi connectivity index (χ3v) is 4.92. The van der Waals surface area contributed by atoms with Crippen molar-refractivity contribution in [1.82, 2.24) is 4.98 Å². The normalized spacial score (nSPS) is 11.5. The summed E-state index contributed by atoms with van der Waals surface area (Å²) in [5.74, 6) is 0.785. The van der Waals surface area contributed by atoms with Gasteiger partial charge in [-0.15, -0.1) is 0 Å². The Morgan fingerprint density at radius 1 is 1.10 bits per heavy atom. The molecule has 1 aromatic carbocycles. The van der Waals surface area contributed by atoms with Crippen LogP contribution in [0.1, 0.15) is 53.4 Å². The number of hydrogen-bond acceptors (Lipinski definition) is 4. The van der Waals surface area contributed by atoms with Gasteiger partial charge in [-0.2, -0.15) is 0 Å². The number of nitrogens with one attached hydrogen (secondary N) is 1. The first-order valence-electron chi connectivity index (χ1n) is 10.8. The van der Waals surface area contributed by atoms with E-state index in [1.807, 2.05) is 43.3 Å². The van der Waals surface area contributed by atoms with Crippen LogP contribution in [-0.2, 0) is 0 Å². The van der Waals surface area contributed by atoms with Crippen molar-refractivity contribution in [3.63, 3.8) is 0 Å². The number of benzene rings is 1. The molecule has 1 aromatic heterocycles. The summed E-state index contributed by atoms with van der Waals surface area (Å²) in [6.45, 7) is 9.32.